The number of alkyl carbamates (subject to hydrolysis) is 1. The van der Waals surface area contributed by atoms with Gasteiger partial charge in [0.1, 0.15) is 12.1 Å². The number of amides is 2. The van der Waals surface area contributed by atoms with E-state index in [1.54, 1.807) is 6.92 Å². The number of carbonyl (C=O) groups excluding carboxylic acids is 2. The molecule has 208 valence electrons. The largest absolute Gasteiger partial charge is 0.481 e. The second-order valence-electron chi connectivity index (χ2n) is 10.8. The van der Waals surface area contributed by atoms with Gasteiger partial charge < -0.3 is 20.5 Å². The maximum absolute atomic E-state index is 13.6. The molecule has 0 saturated carbocycles. The van der Waals surface area contributed by atoms with Crippen molar-refractivity contribution in [2.45, 2.75) is 50.2 Å². The number of likely N-dealkylation sites (tertiary alicyclic amines) is 1. The maximum Gasteiger partial charge on any atom is 0.408 e. The maximum atomic E-state index is 13.6. The number of carboxylic acids is 1. The molecule has 2 aliphatic rings. The Morgan fingerprint density at radius 3 is 2.25 bits per heavy atom. The first kappa shape index (κ1) is 27.4. The zero-order valence-electron chi connectivity index (χ0n) is 22.6. The first-order valence-electron chi connectivity index (χ1n) is 13.8. The van der Waals surface area contributed by atoms with Gasteiger partial charge in [0, 0.05) is 38.0 Å². The smallest absolute Gasteiger partial charge is 0.408 e. The molecular weight excluding hydrogens is 506 g/mol. The van der Waals surface area contributed by atoms with E-state index in [-0.39, 0.29) is 30.9 Å². The quantitative estimate of drug-likeness (QED) is 0.348. The van der Waals surface area contributed by atoms with E-state index in [0.29, 0.717) is 32.5 Å². The fourth-order valence-electron chi connectivity index (χ4n) is 5.81. The Morgan fingerprint density at radius 1 is 0.975 bits per heavy atom. The number of benzene rings is 3. The van der Waals surface area contributed by atoms with Crippen LogP contribution in [0.5, 0.6) is 0 Å². The first-order chi connectivity index (χ1) is 19.3. The minimum absolute atomic E-state index is 0.0472. The summed E-state index contributed by atoms with van der Waals surface area (Å²) in [5.41, 5.74) is 4.46. The van der Waals surface area contributed by atoms with Crippen LogP contribution in [0.25, 0.3) is 11.1 Å². The molecule has 2 atom stereocenters. The highest BCUT2D eigenvalue weighted by Gasteiger charge is 2.46. The summed E-state index contributed by atoms with van der Waals surface area (Å²) >= 11 is 0. The van der Waals surface area contributed by atoms with E-state index in [4.69, 9.17) is 9.84 Å². The van der Waals surface area contributed by atoms with Gasteiger partial charge in [-0.25, -0.2) is 4.79 Å². The average molecular weight is 542 g/mol. The van der Waals surface area contributed by atoms with Gasteiger partial charge in [-0.1, -0.05) is 78.9 Å². The molecule has 0 aromatic heterocycles. The molecule has 0 bridgehead atoms. The molecule has 40 heavy (non-hydrogen) atoms. The molecule has 1 aliphatic heterocycles. The molecular formula is C32H35N3O5. The summed E-state index contributed by atoms with van der Waals surface area (Å²) in [5, 5.41) is 14.9. The Bertz CT molecular complexity index is 1330. The fourth-order valence-corrected chi connectivity index (χ4v) is 5.81. The molecule has 1 fully saturated rings. The van der Waals surface area contributed by atoms with Crippen LogP contribution in [0.2, 0.25) is 0 Å². The van der Waals surface area contributed by atoms with Gasteiger partial charge in [0.05, 0.1) is 0 Å². The molecule has 2 amide bonds. The molecule has 5 rings (SSSR count). The lowest BCUT2D eigenvalue weighted by Gasteiger charge is -2.31. The van der Waals surface area contributed by atoms with Gasteiger partial charge in [-0.05, 0) is 47.6 Å². The Morgan fingerprint density at radius 2 is 1.60 bits per heavy atom. The second kappa shape index (κ2) is 11.9. The summed E-state index contributed by atoms with van der Waals surface area (Å²) in [6.07, 6.45) is 0.0305. The van der Waals surface area contributed by atoms with E-state index in [1.807, 2.05) is 54.6 Å². The Hall–Kier alpha value is -4.17. The topological polar surface area (TPSA) is 108 Å². The van der Waals surface area contributed by atoms with Crippen LogP contribution in [-0.4, -0.2) is 59.3 Å². The minimum atomic E-state index is -1.19. The summed E-state index contributed by atoms with van der Waals surface area (Å²) in [6, 6.07) is 25.9. The van der Waals surface area contributed by atoms with Crippen LogP contribution >= 0.6 is 0 Å². The van der Waals surface area contributed by atoms with E-state index in [0.717, 1.165) is 27.8 Å². The van der Waals surface area contributed by atoms with Crippen LogP contribution < -0.4 is 10.6 Å². The van der Waals surface area contributed by atoms with Gasteiger partial charge >= 0.3 is 12.1 Å². The number of fused-ring (bicyclic) bond motifs is 3. The predicted molar refractivity (Wildman–Crippen MR) is 152 cm³/mol. The van der Waals surface area contributed by atoms with E-state index in [9.17, 15) is 14.4 Å². The van der Waals surface area contributed by atoms with Crippen molar-refractivity contribution in [1.82, 2.24) is 15.5 Å². The molecule has 0 spiro atoms. The lowest BCUT2D eigenvalue weighted by molar-refractivity contribution is -0.137. The van der Waals surface area contributed by atoms with Crippen molar-refractivity contribution in [2.24, 2.45) is 0 Å². The summed E-state index contributed by atoms with van der Waals surface area (Å²) < 4.78 is 5.79. The van der Waals surface area contributed by atoms with Crippen LogP contribution in [0.3, 0.4) is 0 Å². The number of aliphatic carboxylic acids is 1. The van der Waals surface area contributed by atoms with Gasteiger partial charge in [-0.2, -0.15) is 0 Å². The van der Waals surface area contributed by atoms with Crippen LogP contribution in [0.15, 0.2) is 78.9 Å². The monoisotopic (exact) mass is 541 g/mol. The van der Waals surface area contributed by atoms with Crippen LogP contribution in [0.1, 0.15) is 48.8 Å². The fraction of sp³-hybridized carbons (Fsp3) is 0.344. The molecule has 3 aromatic rings. The van der Waals surface area contributed by atoms with E-state index < -0.39 is 17.6 Å². The third kappa shape index (κ3) is 6.02. The highest BCUT2D eigenvalue weighted by molar-refractivity contribution is 5.91. The summed E-state index contributed by atoms with van der Waals surface area (Å²) in [6.45, 7) is 3.52. The molecule has 3 N–H and O–H groups in total. The average Bonchev–Trinajstić information content (AvgIpc) is 3.50. The third-order valence-corrected chi connectivity index (χ3v) is 7.89. The number of nitrogens with one attached hydrogen (secondary N) is 2. The zero-order valence-corrected chi connectivity index (χ0v) is 22.6. The van der Waals surface area contributed by atoms with E-state index in [1.165, 1.54) is 0 Å². The Labute approximate surface area is 234 Å². The molecule has 0 radical (unpaired) electrons. The molecule has 8 heteroatoms. The number of ether oxygens (including phenoxy) is 1. The van der Waals surface area contributed by atoms with Gasteiger partial charge in [0.2, 0.25) is 5.91 Å². The molecule has 3 aromatic carbocycles. The van der Waals surface area contributed by atoms with Crippen molar-refractivity contribution in [1.29, 1.82) is 0 Å². The van der Waals surface area contributed by atoms with Crippen molar-refractivity contribution in [3.63, 3.8) is 0 Å². The lowest BCUT2D eigenvalue weighted by atomic mass is 9.96. The number of hydrogen-bond acceptors (Lipinski definition) is 5. The Balaban J connectivity index is 1.28. The lowest BCUT2D eigenvalue weighted by Crippen LogP contribution is -2.61. The summed E-state index contributed by atoms with van der Waals surface area (Å²) in [7, 11) is 0. The minimum Gasteiger partial charge on any atom is -0.481 e. The number of carbonyl (C=O) groups is 3. The van der Waals surface area contributed by atoms with Gasteiger partial charge in [-0.3, -0.25) is 14.5 Å². The molecule has 1 heterocycles. The number of nitrogens with zero attached hydrogens (tertiary/aromatic N) is 1. The SMILES string of the molecule is CC(CCC(=O)O)NC(=O)C1(NC(=O)OCC2c3ccccc3-c3ccccc32)CCN(Cc2ccccc2)C1. The normalized spacial score (nSPS) is 18.9. The standard InChI is InChI=1S/C32H35N3O5/c1-22(15-16-29(36)37)33-30(38)32(17-18-35(21-32)19-23-9-3-2-4-10-23)34-31(39)40-20-28-26-13-7-5-11-24(26)25-12-6-8-14-27(25)28/h2-14,22,28H,15-21H2,1H3,(H,33,38)(H,34,39)(H,36,37). The van der Waals surface area contributed by atoms with Crippen LogP contribution in [-0.2, 0) is 20.9 Å². The van der Waals surface area contributed by atoms with E-state index in [2.05, 4.69) is 39.8 Å². The molecule has 1 saturated heterocycles. The van der Waals surface area contributed by atoms with Crippen molar-refractivity contribution in [2.75, 3.05) is 19.7 Å². The first-order valence-corrected chi connectivity index (χ1v) is 13.8. The highest BCUT2D eigenvalue weighted by atomic mass is 16.5. The van der Waals surface area contributed by atoms with E-state index >= 15 is 0 Å². The van der Waals surface area contributed by atoms with Gasteiger partial charge in [-0.15, -0.1) is 0 Å². The number of hydrogen-bond donors (Lipinski definition) is 3. The molecule has 1 aliphatic carbocycles. The summed E-state index contributed by atoms with van der Waals surface area (Å²) in [5.74, 6) is -1.32. The third-order valence-electron chi connectivity index (χ3n) is 7.89. The Kier molecular flexibility index (Phi) is 8.16. The van der Waals surface area contributed by atoms with Crippen molar-refractivity contribution < 1.29 is 24.2 Å². The summed E-state index contributed by atoms with van der Waals surface area (Å²) in [4.78, 5) is 40.0. The zero-order chi connectivity index (χ0) is 28.1. The molecule has 8 nitrogen and oxygen atoms in total. The highest BCUT2D eigenvalue weighted by Crippen LogP contribution is 2.44. The molecule has 2 unspecified atom stereocenters. The number of rotatable bonds is 10. The predicted octanol–water partition coefficient (Wildman–Crippen LogP) is 4.54. The van der Waals surface area contributed by atoms with Gasteiger partial charge in [0.15, 0.2) is 0 Å². The van der Waals surface area contributed by atoms with Crippen molar-refractivity contribution in [3.05, 3.63) is 95.6 Å². The van der Waals surface area contributed by atoms with Gasteiger partial charge in [0.25, 0.3) is 0 Å². The van der Waals surface area contributed by atoms with Crippen molar-refractivity contribution in [3.8, 4) is 11.1 Å². The van der Waals surface area contributed by atoms with Crippen LogP contribution in [0.4, 0.5) is 4.79 Å². The number of carboxylic acid groups (broad SMARTS) is 1. The second-order valence-corrected chi connectivity index (χ2v) is 10.8. The van der Waals surface area contributed by atoms with Crippen LogP contribution in [0, 0.1) is 0 Å². The van der Waals surface area contributed by atoms with Crippen molar-refractivity contribution >= 4 is 18.0 Å².